The summed E-state index contributed by atoms with van der Waals surface area (Å²) in [6.45, 7) is 4.98. The molecular formula is C24H30N4O3. The zero-order chi connectivity index (χ0) is 21.6. The van der Waals surface area contributed by atoms with E-state index in [0.717, 1.165) is 37.3 Å². The summed E-state index contributed by atoms with van der Waals surface area (Å²) in [5, 5.41) is 3.16. The Morgan fingerprint density at radius 3 is 2.71 bits per heavy atom. The molecule has 1 aromatic heterocycles. The van der Waals surface area contributed by atoms with Crippen molar-refractivity contribution in [1.82, 2.24) is 9.88 Å². The van der Waals surface area contributed by atoms with Gasteiger partial charge in [0.1, 0.15) is 5.82 Å². The molecule has 2 aliphatic rings. The van der Waals surface area contributed by atoms with Gasteiger partial charge in [-0.1, -0.05) is 12.1 Å². The van der Waals surface area contributed by atoms with Crippen LogP contribution in [0.5, 0.6) is 0 Å². The zero-order valence-corrected chi connectivity index (χ0v) is 18.1. The third-order valence-corrected chi connectivity index (χ3v) is 6.00. The lowest BCUT2D eigenvalue weighted by atomic mass is 9.90. The molecule has 7 nitrogen and oxygen atoms in total. The van der Waals surface area contributed by atoms with E-state index in [2.05, 4.69) is 21.3 Å². The number of carbonyl (C=O) groups excluding carboxylic acids is 2. The van der Waals surface area contributed by atoms with Crippen LogP contribution in [0.2, 0.25) is 0 Å². The maximum atomic E-state index is 13.0. The maximum Gasteiger partial charge on any atom is 0.339 e. The molecule has 1 N–H and O–H groups in total. The first-order valence-corrected chi connectivity index (χ1v) is 11.2. The lowest BCUT2D eigenvalue weighted by molar-refractivity contribution is 0.0526. The Hall–Kier alpha value is -3.09. The van der Waals surface area contributed by atoms with Gasteiger partial charge in [0, 0.05) is 38.1 Å². The lowest BCUT2D eigenvalue weighted by Crippen LogP contribution is -2.38. The standard InChI is InChI=1S/C24H30N4O3/c1-2-31-23(29)19-11-12-22(25-17-19)27-13-6-14-28(16-15-27)24(30)26-21-10-5-8-18-7-3-4-9-20(18)21/h5,8,10-12,17H,2-4,6-7,9,13-16H2,1H3,(H,26,30). The summed E-state index contributed by atoms with van der Waals surface area (Å²) in [7, 11) is 0. The number of urea groups is 1. The Labute approximate surface area is 183 Å². The normalized spacial score (nSPS) is 16.3. The maximum absolute atomic E-state index is 13.0. The molecule has 0 unspecified atom stereocenters. The largest absolute Gasteiger partial charge is 0.462 e. The van der Waals surface area contributed by atoms with E-state index < -0.39 is 0 Å². The molecule has 2 amide bonds. The van der Waals surface area contributed by atoms with Gasteiger partial charge in [0.05, 0.1) is 12.2 Å². The quantitative estimate of drug-likeness (QED) is 0.757. The fraction of sp³-hybridized carbons (Fsp3) is 0.458. The molecule has 0 saturated carbocycles. The highest BCUT2D eigenvalue weighted by atomic mass is 16.5. The lowest BCUT2D eigenvalue weighted by Gasteiger charge is -2.25. The molecule has 31 heavy (non-hydrogen) atoms. The van der Waals surface area contributed by atoms with E-state index in [1.807, 2.05) is 23.1 Å². The molecule has 2 heterocycles. The van der Waals surface area contributed by atoms with Crippen molar-refractivity contribution in [2.24, 2.45) is 0 Å². The minimum absolute atomic E-state index is 0.0357. The van der Waals surface area contributed by atoms with Gasteiger partial charge in [-0.25, -0.2) is 14.6 Å². The number of carbonyl (C=O) groups is 2. The van der Waals surface area contributed by atoms with Crippen molar-refractivity contribution < 1.29 is 14.3 Å². The molecule has 0 radical (unpaired) electrons. The van der Waals surface area contributed by atoms with E-state index in [0.29, 0.717) is 31.8 Å². The van der Waals surface area contributed by atoms with Crippen LogP contribution in [0.1, 0.15) is 47.7 Å². The van der Waals surface area contributed by atoms with Crippen LogP contribution in [0.15, 0.2) is 36.5 Å². The minimum atomic E-state index is -0.358. The molecule has 2 aromatic rings. The van der Waals surface area contributed by atoms with Gasteiger partial charge >= 0.3 is 12.0 Å². The van der Waals surface area contributed by atoms with Gasteiger partial charge in [-0.05, 0) is 68.4 Å². The average Bonchev–Trinajstić information content (AvgIpc) is 3.06. The van der Waals surface area contributed by atoms with E-state index in [4.69, 9.17) is 4.74 Å². The molecule has 1 aliphatic heterocycles. The van der Waals surface area contributed by atoms with Crippen LogP contribution in [-0.2, 0) is 17.6 Å². The first-order chi connectivity index (χ1) is 15.2. The smallest absolute Gasteiger partial charge is 0.339 e. The molecular weight excluding hydrogens is 392 g/mol. The highest BCUT2D eigenvalue weighted by Crippen LogP contribution is 2.28. The fourth-order valence-corrected chi connectivity index (χ4v) is 4.35. The summed E-state index contributed by atoms with van der Waals surface area (Å²) in [5.41, 5.74) is 4.07. The van der Waals surface area contributed by atoms with Gasteiger partial charge in [0.25, 0.3) is 0 Å². The van der Waals surface area contributed by atoms with Gasteiger partial charge < -0.3 is 19.9 Å². The van der Waals surface area contributed by atoms with E-state index >= 15 is 0 Å². The molecule has 1 aromatic carbocycles. The van der Waals surface area contributed by atoms with Crippen LogP contribution in [0.25, 0.3) is 0 Å². The van der Waals surface area contributed by atoms with Gasteiger partial charge in [-0.15, -0.1) is 0 Å². The van der Waals surface area contributed by atoms with Crippen LogP contribution in [0, 0.1) is 0 Å². The van der Waals surface area contributed by atoms with Gasteiger partial charge in [0.2, 0.25) is 0 Å². The van der Waals surface area contributed by atoms with E-state index in [9.17, 15) is 9.59 Å². The number of nitrogens with one attached hydrogen (secondary N) is 1. The van der Waals surface area contributed by atoms with E-state index in [1.54, 1.807) is 19.2 Å². The summed E-state index contributed by atoms with van der Waals surface area (Å²) in [6, 6.07) is 9.78. The molecule has 0 atom stereocenters. The second-order valence-corrected chi connectivity index (χ2v) is 8.03. The van der Waals surface area contributed by atoms with Crippen LogP contribution in [0.3, 0.4) is 0 Å². The number of ether oxygens (including phenoxy) is 1. The first kappa shape index (κ1) is 21.2. The van der Waals surface area contributed by atoms with E-state index in [1.165, 1.54) is 24.0 Å². The zero-order valence-electron chi connectivity index (χ0n) is 18.1. The number of hydrogen-bond acceptors (Lipinski definition) is 5. The number of anilines is 2. The molecule has 164 valence electrons. The third kappa shape index (κ3) is 4.98. The second-order valence-electron chi connectivity index (χ2n) is 8.03. The molecule has 1 saturated heterocycles. The number of esters is 1. The summed E-state index contributed by atoms with van der Waals surface area (Å²) >= 11 is 0. The predicted octanol–water partition coefficient (Wildman–Crippen LogP) is 3.88. The Morgan fingerprint density at radius 2 is 1.90 bits per heavy atom. The van der Waals surface area contributed by atoms with Gasteiger partial charge in [-0.3, -0.25) is 0 Å². The number of hydrogen-bond donors (Lipinski definition) is 1. The molecule has 4 rings (SSSR count). The third-order valence-electron chi connectivity index (χ3n) is 6.00. The number of aromatic nitrogens is 1. The van der Waals surface area contributed by atoms with Gasteiger partial charge in [0.15, 0.2) is 0 Å². The number of aryl methyl sites for hydroxylation is 1. The number of nitrogens with zero attached hydrogens (tertiary/aromatic N) is 3. The number of rotatable bonds is 4. The Morgan fingerprint density at radius 1 is 1.03 bits per heavy atom. The van der Waals surface area contributed by atoms with Crippen molar-refractivity contribution in [2.45, 2.75) is 39.0 Å². The fourth-order valence-electron chi connectivity index (χ4n) is 4.35. The van der Waals surface area contributed by atoms with Gasteiger partial charge in [-0.2, -0.15) is 0 Å². The summed E-state index contributed by atoms with van der Waals surface area (Å²) in [6.07, 6.45) is 6.96. The first-order valence-electron chi connectivity index (χ1n) is 11.2. The van der Waals surface area contributed by atoms with Crippen LogP contribution in [-0.4, -0.2) is 54.7 Å². The van der Waals surface area contributed by atoms with Crippen molar-refractivity contribution in [1.29, 1.82) is 0 Å². The molecule has 1 fully saturated rings. The van der Waals surface area contributed by atoms with Crippen molar-refractivity contribution >= 4 is 23.5 Å². The second kappa shape index (κ2) is 9.81. The number of fused-ring (bicyclic) bond motifs is 1. The predicted molar refractivity (Wildman–Crippen MR) is 121 cm³/mol. The molecule has 1 aliphatic carbocycles. The Kier molecular flexibility index (Phi) is 6.70. The van der Waals surface area contributed by atoms with Crippen LogP contribution >= 0.6 is 0 Å². The summed E-state index contributed by atoms with van der Waals surface area (Å²) in [5.74, 6) is 0.454. The molecule has 7 heteroatoms. The minimum Gasteiger partial charge on any atom is -0.462 e. The molecule has 0 spiro atoms. The number of benzene rings is 1. The number of amides is 2. The highest BCUT2D eigenvalue weighted by Gasteiger charge is 2.22. The van der Waals surface area contributed by atoms with Crippen molar-refractivity contribution in [3.8, 4) is 0 Å². The average molecular weight is 423 g/mol. The monoisotopic (exact) mass is 422 g/mol. The highest BCUT2D eigenvalue weighted by molar-refractivity contribution is 5.90. The Bertz CT molecular complexity index is 929. The SMILES string of the molecule is CCOC(=O)c1ccc(N2CCCN(C(=O)Nc3cccc4c3CCCC4)CC2)nc1. The summed E-state index contributed by atoms with van der Waals surface area (Å²) in [4.78, 5) is 33.3. The van der Waals surface area contributed by atoms with Crippen molar-refractivity contribution in [2.75, 3.05) is 43.0 Å². The summed E-state index contributed by atoms with van der Waals surface area (Å²) < 4.78 is 5.01. The van der Waals surface area contributed by atoms with Crippen molar-refractivity contribution in [3.05, 3.63) is 53.2 Å². The van der Waals surface area contributed by atoms with E-state index in [-0.39, 0.29) is 12.0 Å². The van der Waals surface area contributed by atoms with Crippen LogP contribution < -0.4 is 10.2 Å². The van der Waals surface area contributed by atoms with Crippen LogP contribution in [0.4, 0.5) is 16.3 Å². The number of pyridine rings is 1. The van der Waals surface area contributed by atoms with Crippen molar-refractivity contribution in [3.63, 3.8) is 0 Å². The topological polar surface area (TPSA) is 74.8 Å². The Balaban J connectivity index is 1.37. The molecule has 0 bridgehead atoms.